The molecule has 0 aliphatic rings. The molecule has 0 fully saturated rings. The topological polar surface area (TPSA) is 17.1 Å². The fraction of sp³-hybridized carbons (Fsp3) is 0.188. The second-order valence-corrected chi connectivity index (χ2v) is 5.52. The summed E-state index contributed by atoms with van der Waals surface area (Å²) in [5.41, 5.74) is 1.57. The normalized spacial score (nSPS) is 10.6. The molecule has 104 valence electrons. The first kappa shape index (κ1) is 14.7. The van der Waals surface area contributed by atoms with Gasteiger partial charge in [0.1, 0.15) is 17.4 Å². The summed E-state index contributed by atoms with van der Waals surface area (Å²) in [5, 5.41) is 0. The predicted octanol–water partition coefficient (Wildman–Crippen LogP) is 4.18. The molecule has 1 nitrogen and oxygen atoms in total. The number of hydrogen-bond donors (Lipinski definition) is 0. The van der Waals surface area contributed by atoms with Crippen LogP contribution in [0, 0.1) is 18.6 Å². The molecule has 0 amide bonds. The van der Waals surface area contributed by atoms with E-state index in [0.29, 0.717) is 10.5 Å². The zero-order chi connectivity index (χ0) is 14.5. The molecule has 0 radical (unpaired) electrons. The zero-order valence-corrected chi connectivity index (χ0v) is 11.8. The van der Waals surface area contributed by atoms with Crippen LogP contribution in [-0.4, -0.2) is 11.5 Å². The number of thioether (sulfide) groups is 1. The Kier molecular flexibility index (Phi) is 4.90. The van der Waals surface area contributed by atoms with E-state index in [1.54, 1.807) is 24.3 Å². The van der Waals surface area contributed by atoms with Crippen molar-refractivity contribution in [2.24, 2.45) is 0 Å². The van der Waals surface area contributed by atoms with E-state index in [2.05, 4.69) is 0 Å². The highest BCUT2D eigenvalue weighted by Gasteiger charge is 2.09. The van der Waals surface area contributed by atoms with Crippen molar-refractivity contribution >= 4 is 17.5 Å². The monoisotopic (exact) mass is 292 g/mol. The van der Waals surface area contributed by atoms with E-state index < -0.39 is 0 Å². The molecule has 0 atom stereocenters. The quantitative estimate of drug-likeness (QED) is 0.769. The number of aryl methyl sites for hydroxylation is 1. The van der Waals surface area contributed by atoms with E-state index >= 15 is 0 Å². The van der Waals surface area contributed by atoms with Gasteiger partial charge in [0.15, 0.2) is 0 Å². The van der Waals surface area contributed by atoms with Crippen molar-refractivity contribution in [3.63, 3.8) is 0 Å². The van der Waals surface area contributed by atoms with E-state index in [0.717, 1.165) is 5.56 Å². The van der Waals surface area contributed by atoms with Crippen molar-refractivity contribution in [1.82, 2.24) is 0 Å². The smallest absolute Gasteiger partial charge is 0.147 e. The lowest BCUT2D eigenvalue weighted by Crippen LogP contribution is -2.07. The molecule has 4 heteroatoms. The minimum atomic E-state index is -0.347. The van der Waals surface area contributed by atoms with Crippen LogP contribution in [0.1, 0.15) is 11.1 Å². The van der Waals surface area contributed by atoms with Gasteiger partial charge in [-0.25, -0.2) is 8.78 Å². The summed E-state index contributed by atoms with van der Waals surface area (Å²) in [6, 6.07) is 10.7. The van der Waals surface area contributed by atoms with Crippen molar-refractivity contribution in [3.05, 3.63) is 65.2 Å². The number of halogens is 2. The Morgan fingerprint density at radius 2 is 1.90 bits per heavy atom. The number of rotatable bonds is 5. The molecule has 0 heterocycles. The molecule has 0 aromatic heterocycles. The minimum absolute atomic E-state index is 0.0491. The molecule has 20 heavy (non-hydrogen) atoms. The number of carbonyl (C=O) groups is 1. The molecule has 2 rings (SSSR count). The third-order valence-electron chi connectivity index (χ3n) is 2.92. The minimum Gasteiger partial charge on any atom is -0.298 e. The highest BCUT2D eigenvalue weighted by atomic mass is 32.2. The summed E-state index contributed by atoms with van der Waals surface area (Å²) in [6.07, 6.45) is 0.172. The van der Waals surface area contributed by atoms with Crippen LogP contribution >= 0.6 is 11.8 Å². The molecule has 0 saturated carbocycles. The number of carbonyl (C=O) groups excluding carboxylic acids is 1. The van der Waals surface area contributed by atoms with Crippen LogP contribution in [0.4, 0.5) is 8.78 Å². The van der Waals surface area contributed by atoms with Crippen molar-refractivity contribution in [1.29, 1.82) is 0 Å². The molecule has 0 bridgehead atoms. The Labute approximate surface area is 121 Å². The van der Waals surface area contributed by atoms with Crippen LogP contribution < -0.4 is 0 Å². The summed E-state index contributed by atoms with van der Waals surface area (Å²) in [7, 11) is 0. The summed E-state index contributed by atoms with van der Waals surface area (Å²) in [4.78, 5) is 12.4. The summed E-state index contributed by atoms with van der Waals surface area (Å²) in [5.74, 6) is -0.545. The van der Waals surface area contributed by atoms with Gasteiger partial charge in [-0.15, -0.1) is 11.8 Å². The molecule has 0 aliphatic carbocycles. The van der Waals surface area contributed by atoms with Crippen molar-refractivity contribution in [2.75, 3.05) is 5.75 Å². The third kappa shape index (κ3) is 3.90. The summed E-state index contributed by atoms with van der Waals surface area (Å²) >= 11 is 1.17. The fourth-order valence-electron chi connectivity index (χ4n) is 1.81. The standard InChI is InChI=1S/C16H14F2OS/c1-11-6-7-13(17)8-12(11)9-14(19)10-20-16-5-3-2-4-15(16)18/h2-8H,9-10H2,1H3. The lowest BCUT2D eigenvalue weighted by molar-refractivity contribution is -0.116. The Morgan fingerprint density at radius 1 is 1.15 bits per heavy atom. The van der Waals surface area contributed by atoms with Gasteiger partial charge in [-0.3, -0.25) is 4.79 Å². The van der Waals surface area contributed by atoms with Crippen LogP contribution in [-0.2, 0) is 11.2 Å². The van der Waals surface area contributed by atoms with Crippen LogP contribution in [0.15, 0.2) is 47.4 Å². The van der Waals surface area contributed by atoms with Gasteiger partial charge in [0.25, 0.3) is 0 Å². The number of hydrogen-bond acceptors (Lipinski definition) is 2. The lowest BCUT2D eigenvalue weighted by Gasteiger charge is -2.06. The highest BCUT2D eigenvalue weighted by molar-refractivity contribution is 8.00. The Bertz CT molecular complexity index is 626. The largest absolute Gasteiger partial charge is 0.298 e. The third-order valence-corrected chi connectivity index (χ3v) is 4.03. The van der Waals surface area contributed by atoms with E-state index in [1.807, 2.05) is 6.92 Å². The number of ketones is 1. The first-order valence-electron chi connectivity index (χ1n) is 6.20. The van der Waals surface area contributed by atoms with Crippen LogP contribution in [0.5, 0.6) is 0 Å². The lowest BCUT2D eigenvalue weighted by atomic mass is 10.0. The molecule has 0 aliphatic heterocycles. The molecular weight excluding hydrogens is 278 g/mol. The van der Waals surface area contributed by atoms with Crippen LogP contribution in [0.25, 0.3) is 0 Å². The van der Waals surface area contributed by atoms with E-state index in [-0.39, 0.29) is 29.6 Å². The summed E-state index contributed by atoms with van der Waals surface area (Å²) < 4.78 is 26.5. The average molecular weight is 292 g/mol. The molecule has 2 aromatic rings. The highest BCUT2D eigenvalue weighted by Crippen LogP contribution is 2.22. The van der Waals surface area contributed by atoms with E-state index in [4.69, 9.17) is 0 Å². The second kappa shape index (κ2) is 6.66. The number of Topliss-reactive ketones (excluding diaryl/α,β-unsaturated/α-hetero) is 1. The molecule has 0 spiro atoms. The Morgan fingerprint density at radius 3 is 2.65 bits per heavy atom. The summed E-state index contributed by atoms with van der Waals surface area (Å²) in [6.45, 7) is 1.84. The van der Waals surface area contributed by atoms with Gasteiger partial charge in [-0.1, -0.05) is 18.2 Å². The van der Waals surface area contributed by atoms with Gasteiger partial charge in [0.05, 0.1) is 5.75 Å². The van der Waals surface area contributed by atoms with Gasteiger partial charge < -0.3 is 0 Å². The maximum absolute atomic E-state index is 13.4. The van der Waals surface area contributed by atoms with Gasteiger partial charge in [0.2, 0.25) is 0 Å². The fourth-order valence-corrected chi connectivity index (χ4v) is 2.61. The van der Waals surface area contributed by atoms with Gasteiger partial charge >= 0.3 is 0 Å². The average Bonchev–Trinajstić information content (AvgIpc) is 2.42. The molecule has 2 aromatic carbocycles. The zero-order valence-electron chi connectivity index (χ0n) is 11.0. The van der Waals surface area contributed by atoms with Crippen LogP contribution in [0.3, 0.4) is 0 Å². The van der Waals surface area contributed by atoms with Gasteiger partial charge in [0, 0.05) is 11.3 Å². The molecule has 0 N–H and O–H groups in total. The van der Waals surface area contributed by atoms with Gasteiger partial charge in [-0.05, 0) is 42.3 Å². The van der Waals surface area contributed by atoms with Crippen LogP contribution in [0.2, 0.25) is 0 Å². The van der Waals surface area contributed by atoms with Crippen molar-refractivity contribution < 1.29 is 13.6 Å². The van der Waals surface area contributed by atoms with Gasteiger partial charge in [-0.2, -0.15) is 0 Å². The maximum atomic E-state index is 13.4. The molecular formula is C16H14F2OS. The first-order valence-corrected chi connectivity index (χ1v) is 7.19. The molecule has 0 unspecified atom stereocenters. The molecule has 0 saturated heterocycles. The van der Waals surface area contributed by atoms with Crippen molar-refractivity contribution in [2.45, 2.75) is 18.2 Å². The SMILES string of the molecule is Cc1ccc(F)cc1CC(=O)CSc1ccccc1F. The Hall–Kier alpha value is -1.68. The second-order valence-electron chi connectivity index (χ2n) is 4.51. The van der Waals surface area contributed by atoms with E-state index in [9.17, 15) is 13.6 Å². The first-order chi connectivity index (χ1) is 9.56. The Balaban J connectivity index is 1.96. The predicted molar refractivity (Wildman–Crippen MR) is 77.0 cm³/mol. The van der Waals surface area contributed by atoms with Crippen molar-refractivity contribution in [3.8, 4) is 0 Å². The maximum Gasteiger partial charge on any atom is 0.147 e. The van der Waals surface area contributed by atoms with E-state index in [1.165, 1.54) is 30.0 Å². The number of benzene rings is 2.